The number of aromatic nitrogens is 1. The summed E-state index contributed by atoms with van der Waals surface area (Å²) in [6.07, 6.45) is 2.88. The largest absolute Gasteiger partial charge is 0.477 e. The standard InChI is InChI=1S/C19H21F2N3O3/c1-9-6-23(7-10(2)22-9)14-5-13-15(17(21)16(14)20)18(25)12(19(26)27)8-24(13)11-3-4-11/h5,8-11,22H,3-4,6-7H2,1-2H3,(H,26,27). The van der Waals surface area contributed by atoms with Crippen LogP contribution in [0.25, 0.3) is 10.9 Å². The van der Waals surface area contributed by atoms with Crippen LogP contribution in [0, 0.1) is 11.6 Å². The lowest BCUT2D eigenvalue weighted by atomic mass is 10.1. The Morgan fingerprint density at radius 1 is 1.19 bits per heavy atom. The molecule has 1 saturated carbocycles. The molecule has 8 heteroatoms. The highest BCUT2D eigenvalue weighted by Gasteiger charge is 2.31. The number of fused-ring (bicyclic) bond motifs is 1. The monoisotopic (exact) mass is 377 g/mol. The normalized spacial score (nSPS) is 23.0. The molecule has 2 aromatic rings. The van der Waals surface area contributed by atoms with Crippen LogP contribution in [0.2, 0.25) is 0 Å². The van der Waals surface area contributed by atoms with Gasteiger partial charge in [-0.2, -0.15) is 0 Å². The predicted octanol–water partition coefficient (Wildman–Crippen LogP) is 2.50. The lowest BCUT2D eigenvalue weighted by Gasteiger charge is -2.38. The van der Waals surface area contributed by atoms with Crippen LogP contribution in [0.5, 0.6) is 0 Å². The minimum Gasteiger partial charge on any atom is -0.477 e. The van der Waals surface area contributed by atoms with Crippen LogP contribution in [0.15, 0.2) is 17.1 Å². The Bertz CT molecular complexity index is 990. The van der Waals surface area contributed by atoms with Gasteiger partial charge in [0.2, 0.25) is 5.43 Å². The molecule has 2 atom stereocenters. The summed E-state index contributed by atoms with van der Waals surface area (Å²) in [6.45, 7) is 4.95. The summed E-state index contributed by atoms with van der Waals surface area (Å²) in [5.41, 5.74) is -1.17. The summed E-state index contributed by atoms with van der Waals surface area (Å²) >= 11 is 0. The van der Waals surface area contributed by atoms with E-state index >= 15 is 0 Å². The van der Waals surface area contributed by atoms with Gasteiger partial charge in [0, 0.05) is 37.4 Å². The van der Waals surface area contributed by atoms with Gasteiger partial charge in [-0.15, -0.1) is 0 Å². The lowest BCUT2D eigenvalue weighted by Crippen LogP contribution is -2.54. The van der Waals surface area contributed by atoms with Gasteiger partial charge in [-0.25, -0.2) is 13.6 Å². The SMILES string of the molecule is CC1CN(c2cc3c(c(F)c2F)c(=O)c(C(=O)O)cn3C2CC2)CC(C)N1. The van der Waals surface area contributed by atoms with Crippen LogP contribution < -0.4 is 15.6 Å². The molecule has 0 amide bonds. The maximum absolute atomic E-state index is 15.0. The third kappa shape index (κ3) is 2.97. The average molecular weight is 377 g/mol. The molecule has 2 heterocycles. The lowest BCUT2D eigenvalue weighted by molar-refractivity contribution is 0.0695. The Kier molecular flexibility index (Phi) is 4.18. The van der Waals surface area contributed by atoms with Crippen molar-refractivity contribution in [1.29, 1.82) is 0 Å². The summed E-state index contributed by atoms with van der Waals surface area (Å²) in [4.78, 5) is 25.7. The first kappa shape index (κ1) is 17.9. The van der Waals surface area contributed by atoms with Gasteiger partial charge < -0.3 is 19.9 Å². The molecule has 0 spiro atoms. The van der Waals surface area contributed by atoms with Crippen LogP contribution in [0.1, 0.15) is 43.1 Å². The molecule has 1 aliphatic heterocycles. The minimum absolute atomic E-state index is 0.00443. The second kappa shape index (κ2) is 6.30. The number of nitrogens with one attached hydrogen (secondary N) is 1. The molecule has 2 fully saturated rings. The quantitative estimate of drug-likeness (QED) is 0.860. The molecular weight excluding hydrogens is 356 g/mol. The number of rotatable bonds is 3. The van der Waals surface area contributed by atoms with Crippen molar-refractivity contribution in [2.45, 2.75) is 44.8 Å². The van der Waals surface area contributed by atoms with Gasteiger partial charge in [0.1, 0.15) is 5.56 Å². The van der Waals surface area contributed by atoms with E-state index in [1.165, 1.54) is 12.3 Å². The first-order valence-corrected chi connectivity index (χ1v) is 9.09. The van der Waals surface area contributed by atoms with Gasteiger partial charge >= 0.3 is 5.97 Å². The molecule has 2 N–H and O–H groups in total. The number of carboxylic acids is 1. The Labute approximate surface area is 154 Å². The molecule has 0 bridgehead atoms. The Morgan fingerprint density at radius 2 is 1.81 bits per heavy atom. The highest BCUT2D eigenvalue weighted by Crippen LogP contribution is 2.39. The summed E-state index contributed by atoms with van der Waals surface area (Å²) in [5.74, 6) is -3.82. The highest BCUT2D eigenvalue weighted by molar-refractivity contribution is 5.94. The fraction of sp³-hybridized carbons (Fsp3) is 0.474. The fourth-order valence-electron chi connectivity index (χ4n) is 3.98. The average Bonchev–Trinajstić information content (AvgIpc) is 3.41. The number of hydrogen-bond donors (Lipinski definition) is 2. The second-order valence-electron chi connectivity index (χ2n) is 7.61. The summed E-state index contributed by atoms with van der Waals surface area (Å²) < 4.78 is 31.5. The number of nitrogens with zero attached hydrogens (tertiary/aromatic N) is 2. The van der Waals surface area contributed by atoms with Gasteiger partial charge in [-0.1, -0.05) is 0 Å². The van der Waals surface area contributed by atoms with Crippen LogP contribution in [-0.2, 0) is 0 Å². The summed E-state index contributed by atoms with van der Waals surface area (Å²) in [5, 5.41) is 12.1. The van der Waals surface area contributed by atoms with Crippen LogP contribution in [0.4, 0.5) is 14.5 Å². The van der Waals surface area contributed by atoms with E-state index in [0.29, 0.717) is 13.1 Å². The Hall–Kier alpha value is -2.48. The number of pyridine rings is 1. The van der Waals surface area contributed by atoms with Crippen molar-refractivity contribution in [2.75, 3.05) is 18.0 Å². The molecule has 2 aliphatic rings. The molecule has 1 aromatic carbocycles. The summed E-state index contributed by atoms with van der Waals surface area (Å²) in [6, 6.07) is 1.70. The highest BCUT2D eigenvalue weighted by atomic mass is 19.2. The molecule has 1 saturated heterocycles. The first-order chi connectivity index (χ1) is 12.8. The van der Waals surface area contributed by atoms with Crippen molar-refractivity contribution in [3.8, 4) is 0 Å². The third-order valence-corrected chi connectivity index (χ3v) is 5.25. The Morgan fingerprint density at radius 3 is 2.37 bits per heavy atom. The van der Waals surface area contributed by atoms with Gasteiger partial charge in [-0.05, 0) is 32.8 Å². The number of carboxylic acid groups (broad SMARTS) is 1. The predicted molar refractivity (Wildman–Crippen MR) is 97.6 cm³/mol. The van der Waals surface area contributed by atoms with E-state index in [2.05, 4.69) is 5.32 Å². The smallest absolute Gasteiger partial charge is 0.341 e. The zero-order chi connectivity index (χ0) is 19.5. The van der Waals surface area contributed by atoms with Gasteiger partial charge in [0.05, 0.1) is 16.6 Å². The van der Waals surface area contributed by atoms with E-state index in [9.17, 15) is 23.5 Å². The molecule has 1 aromatic heterocycles. The van der Waals surface area contributed by atoms with Crippen molar-refractivity contribution in [1.82, 2.24) is 9.88 Å². The number of hydrogen-bond acceptors (Lipinski definition) is 4. The van der Waals surface area contributed by atoms with E-state index in [4.69, 9.17) is 0 Å². The molecular formula is C19H21F2N3O3. The third-order valence-electron chi connectivity index (χ3n) is 5.25. The fourth-order valence-corrected chi connectivity index (χ4v) is 3.98. The van der Waals surface area contributed by atoms with Crippen molar-refractivity contribution >= 4 is 22.6 Å². The van der Waals surface area contributed by atoms with E-state index in [0.717, 1.165) is 12.8 Å². The van der Waals surface area contributed by atoms with Crippen molar-refractivity contribution in [3.05, 3.63) is 39.7 Å². The van der Waals surface area contributed by atoms with E-state index < -0.39 is 34.0 Å². The van der Waals surface area contributed by atoms with E-state index in [1.807, 2.05) is 13.8 Å². The molecule has 4 rings (SSSR count). The van der Waals surface area contributed by atoms with E-state index in [-0.39, 0.29) is 29.3 Å². The second-order valence-corrected chi connectivity index (χ2v) is 7.61. The molecule has 2 unspecified atom stereocenters. The molecule has 6 nitrogen and oxygen atoms in total. The molecule has 1 aliphatic carbocycles. The van der Waals surface area contributed by atoms with Gasteiger partial charge in [0.15, 0.2) is 11.6 Å². The number of benzene rings is 1. The maximum atomic E-state index is 15.0. The van der Waals surface area contributed by atoms with Gasteiger partial charge in [-0.3, -0.25) is 4.79 Å². The molecule has 144 valence electrons. The zero-order valence-electron chi connectivity index (χ0n) is 15.1. The summed E-state index contributed by atoms with van der Waals surface area (Å²) in [7, 11) is 0. The van der Waals surface area contributed by atoms with Crippen molar-refractivity contribution in [3.63, 3.8) is 0 Å². The number of aromatic carboxylic acids is 1. The van der Waals surface area contributed by atoms with Crippen LogP contribution in [-0.4, -0.2) is 40.8 Å². The van der Waals surface area contributed by atoms with Crippen LogP contribution in [0.3, 0.4) is 0 Å². The molecule has 27 heavy (non-hydrogen) atoms. The maximum Gasteiger partial charge on any atom is 0.341 e. The number of piperazine rings is 1. The van der Waals surface area contributed by atoms with E-state index in [1.54, 1.807) is 9.47 Å². The van der Waals surface area contributed by atoms with Gasteiger partial charge in [0.25, 0.3) is 0 Å². The van der Waals surface area contributed by atoms with Crippen molar-refractivity contribution < 1.29 is 18.7 Å². The number of halogens is 2. The molecule has 0 radical (unpaired) electrons. The first-order valence-electron chi connectivity index (χ1n) is 9.09. The van der Waals surface area contributed by atoms with Crippen LogP contribution >= 0.6 is 0 Å². The van der Waals surface area contributed by atoms with Crippen molar-refractivity contribution in [2.24, 2.45) is 0 Å². The number of anilines is 1. The Balaban J connectivity index is 1.97. The topological polar surface area (TPSA) is 74.6 Å². The minimum atomic E-state index is -1.44. The number of carbonyl (C=O) groups is 1. The zero-order valence-corrected chi connectivity index (χ0v) is 15.1.